The van der Waals surface area contributed by atoms with Crippen molar-refractivity contribution in [1.82, 2.24) is 19.7 Å². The number of hydrogen-bond acceptors (Lipinski definition) is 5. The maximum absolute atomic E-state index is 13.1. The minimum Gasteiger partial charge on any atom is -0.394 e. The molecule has 0 radical (unpaired) electrons. The number of carbonyl (C=O) groups excluding carboxylic acids is 1. The van der Waals surface area contributed by atoms with Gasteiger partial charge in [-0.15, -0.1) is 0 Å². The summed E-state index contributed by atoms with van der Waals surface area (Å²) < 4.78 is 0. The van der Waals surface area contributed by atoms with E-state index in [1.54, 1.807) is 24.3 Å². The Labute approximate surface area is 176 Å². The van der Waals surface area contributed by atoms with Gasteiger partial charge in [0, 0.05) is 62.1 Å². The molecule has 1 aromatic heterocycles. The van der Waals surface area contributed by atoms with Crippen molar-refractivity contribution in [2.75, 3.05) is 39.3 Å². The molecule has 2 aromatic rings. The summed E-state index contributed by atoms with van der Waals surface area (Å²) in [6, 6.07) is 13.2. The van der Waals surface area contributed by atoms with Crippen molar-refractivity contribution in [1.29, 1.82) is 0 Å². The Kier molecular flexibility index (Phi) is 5.88. The third-order valence-corrected chi connectivity index (χ3v) is 6.31. The van der Waals surface area contributed by atoms with E-state index in [1.807, 2.05) is 29.3 Å². The number of aromatic nitrogens is 1. The Morgan fingerprint density at radius 3 is 2.69 bits per heavy atom. The van der Waals surface area contributed by atoms with Crippen LogP contribution in [0.5, 0.6) is 0 Å². The van der Waals surface area contributed by atoms with Crippen LogP contribution >= 0.6 is 11.6 Å². The molecule has 29 heavy (non-hydrogen) atoms. The van der Waals surface area contributed by atoms with Gasteiger partial charge in [0.2, 0.25) is 0 Å². The molecule has 0 spiro atoms. The fourth-order valence-electron chi connectivity index (χ4n) is 4.54. The highest BCUT2D eigenvalue weighted by molar-refractivity contribution is 6.30. The van der Waals surface area contributed by atoms with E-state index in [4.69, 9.17) is 11.6 Å². The van der Waals surface area contributed by atoms with Crippen LogP contribution in [0.15, 0.2) is 48.7 Å². The van der Waals surface area contributed by atoms with Crippen molar-refractivity contribution >= 4 is 17.5 Å². The van der Waals surface area contributed by atoms with Crippen LogP contribution in [0.4, 0.5) is 0 Å². The maximum Gasteiger partial charge on any atom is 0.253 e. The van der Waals surface area contributed by atoms with E-state index in [0.29, 0.717) is 23.7 Å². The summed E-state index contributed by atoms with van der Waals surface area (Å²) in [5.41, 5.74) is 1.24. The molecule has 3 heterocycles. The monoisotopic (exact) mass is 414 g/mol. The predicted octanol–water partition coefficient (Wildman–Crippen LogP) is 2.13. The number of aliphatic hydroxyl groups excluding tert-OH is 1. The van der Waals surface area contributed by atoms with E-state index < -0.39 is 5.54 Å². The Balaban J connectivity index is 1.51. The fourth-order valence-corrected chi connectivity index (χ4v) is 4.67. The van der Waals surface area contributed by atoms with Crippen molar-refractivity contribution in [3.63, 3.8) is 0 Å². The molecule has 0 bridgehead atoms. The number of benzene rings is 1. The number of piperazine rings is 2. The molecule has 2 fully saturated rings. The lowest BCUT2D eigenvalue weighted by Gasteiger charge is -2.56. The van der Waals surface area contributed by atoms with Crippen LogP contribution in [0.1, 0.15) is 23.0 Å². The average Bonchev–Trinajstić information content (AvgIpc) is 2.74. The van der Waals surface area contributed by atoms with Crippen molar-refractivity contribution in [2.24, 2.45) is 0 Å². The van der Waals surface area contributed by atoms with Crippen LogP contribution in [0, 0.1) is 0 Å². The van der Waals surface area contributed by atoms with Crippen molar-refractivity contribution in [3.05, 3.63) is 64.9 Å². The van der Waals surface area contributed by atoms with Crippen LogP contribution < -0.4 is 0 Å². The minimum absolute atomic E-state index is 0.0113. The topological polar surface area (TPSA) is 59.9 Å². The Hall–Kier alpha value is -1.99. The zero-order valence-electron chi connectivity index (χ0n) is 16.7. The van der Waals surface area contributed by atoms with Gasteiger partial charge in [0.05, 0.1) is 17.8 Å². The molecule has 1 N–H and O–H groups in total. The van der Waals surface area contributed by atoms with E-state index in [9.17, 15) is 9.90 Å². The molecule has 0 saturated carbocycles. The number of rotatable bonds is 4. The van der Waals surface area contributed by atoms with Gasteiger partial charge in [-0.1, -0.05) is 17.7 Å². The van der Waals surface area contributed by atoms with Crippen molar-refractivity contribution in [2.45, 2.75) is 25.0 Å². The van der Waals surface area contributed by atoms with Crippen molar-refractivity contribution in [3.8, 4) is 0 Å². The van der Waals surface area contributed by atoms with E-state index in [2.05, 4.69) is 21.7 Å². The highest BCUT2D eigenvalue weighted by Gasteiger charge is 2.46. The first-order valence-corrected chi connectivity index (χ1v) is 10.4. The van der Waals surface area contributed by atoms with Gasteiger partial charge in [0.1, 0.15) is 0 Å². The molecule has 2 aliphatic heterocycles. The maximum atomic E-state index is 13.1. The third kappa shape index (κ3) is 4.31. The molecule has 2 saturated heterocycles. The SMILES string of the molecule is CC1(CO)CN(C(=O)c2ccc(Cl)cc2)CC2CN(Cc3ccccn3)CCN21. The Morgan fingerprint density at radius 2 is 2.00 bits per heavy atom. The summed E-state index contributed by atoms with van der Waals surface area (Å²) in [5.74, 6) is -0.0113. The smallest absolute Gasteiger partial charge is 0.253 e. The number of fused-ring (bicyclic) bond motifs is 1. The summed E-state index contributed by atoms with van der Waals surface area (Å²) in [7, 11) is 0. The van der Waals surface area contributed by atoms with Crippen molar-refractivity contribution < 1.29 is 9.90 Å². The van der Waals surface area contributed by atoms with Crippen LogP contribution in [0.2, 0.25) is 5.02 Å². The van der Waals surface area contributed by atoms with Gasteiger partial charge in [-0.25, -0.2) is 0 Å². The predicted molar refractivity (Wildman–Crippen MR) is 113 cm³/mol. The third-order valence-electron chi connectivity index (χ3n) is 6.05. The number of hydrogen-bond donors (Lipinski definition) is 1. The molecule has 4 rings (SSSR count). The second kappa shape index (κ2) is 8.40. The summed E-state index contributed by atoms with van der Waals surface area (Å²) in [6.07, 6.45) is 1.82. The van der Waals surface area contributed by atoms with Gasteiger partial charge in [0.25, 0.3) is 5.91 Å². The Morgan fingerprint density at radius 1 is 1.21 bits per heavy atom. The molecule has 7 heteroatoms. The van der Waals surface area contributed by atoms with Gasteiger partial charge in [-0.05, 0) is 43.3 Å². The van der Waals surface area contributed by atoms with Gasteiger partial charge < -0.3 is 10.0 Å². The van der Waals surface area contributed by atoms with Gasteiger partial charge in [-0.3, -0.25) is 19.6 Å². The number of amides is 1. The lowest BCUT2D eigenvalue weighted by atomic mass is 9.91. The number of halogens is 1. The first kappa shape index (κ1) is 20.3. The lowest BCUT2D eigenvalue weighted by molar-refractivity contribution is -0.0847. The standard InChI is InChI=1S/C22H27ClN4O2/c1-22(16-28)15-26(21(29)17-5-7-18(23)8-6-17)14-20-13-25(10-11-27(20)22)12-19-4-2-3-9-24-19/h2-9,20,28H,10-16H2,1H3. The normalized spacial score (nSPS) is 25.6. The van der Waals surface area contributed by atoms with Gasteiger partial charge in [0.15, 0.2) is 0 Å². The summed E-state index contributed by atoms with van der Waals surface area (Å²) in [6.45, 7) is 6.68. The molecule has 1 aromatic carbocycles. The van der Waals surface area contributed by atoms with E-state index in [0.717, 1.165) is 31.9 Å². The van der Waals surface area contributed by atoms with E-state index in [-0.39, 0.29) is 18.6 Å². The van der Waals surface area contributed by atoms with E-state index in [1.165, 1.54) is 0 Å². The van der Waals surface area contributed by atoms with Crippen LogP contribution in [-0.2, 0) is 6.54 Å². The summed E-state index contributed by atoms with van der Waals surface area (Å²) in [5, 5.41) is 10.8. The first-order chi connectivity index (χ1) is 14.0. The highest BCUT2D eigenvalue weighted by atomic mass is 35.5. The van der Waals surface area contributed by atoms with Gasteiger partial charge >= 0.3 is 0 Å². The van der Waals surface area contributed by atoms with Gasteiger partial charge in [-0.2, -0.15) is 0 Å². The zero-order chi connectivity index (χ0) is 20.4. The number of nitrogens with zero attached hydrogens (tertiary/aromatic N) is 4. The second-order valence-corrected chi connectivity index (χ2v) is 8.69. The summed E-state index contributed by atoms with van der Waals surface area (Å²) in [4.78, 5) is 24.2. The number of pyridine rings is 1. The molecule has 0 aliphatic carbocycles. The Bertz CT molecular complexity index is 848. The number of carbonyl (C=O) groups is 1. The quantitative estimate of drug-likeness (QED) is 0.830. The largest absolute Gasteiger partial charge is 0.394 e. The fraction of sp³-hybridized carbons (Fsp3) is 0.455. The summed E-state index contributed by atoms with van der Waals surface area (Å²) >= 11 is 5.97. The molecule has 1 amide bonds. The van der Waals surface area contributed by atoms with E-state index >= 15 is 0 Å². The first-order valence-electron chi connectivity index (χ1n) is 10.0. The minimum atomic E-state index is -0.442. The molecular weight excluding hydrogens is 388 g/mol. The molecule has 2 unspecified atom stereocenters. The van der Waals surface area contributed by atoms with Crippen LogP contribution in [-0.4, -0.2) is 81.6 Å². The van der Waals surface area contributed by atoms with Crippen LogP contribution in [0.25, 0.3) is 0 Å². The lowest BCUT2D eigenvalue weighted by Crippen LogP contribution is -2.72. The molecule has 2 atom stereocenters. The number of aliphatic hydroxyl groups is 1. The average molecular weight is 415 g/mol. The molecule has 6 nitrogen and oxygen atoms in total. The highest BCUT2D eigenvalue weighted by Crippen LogP contribution is 2.29. The zero-order valence-corrected chi connectivity index (χ0v) is 17.4. The molecular formula is C22H27ClN4O2. The molecule has 154 valence electrons. The van der Waals surface area contributed by atoms with Crippen LogP contribution in [0.3, 0.4) is 0 Å². The second-order valence-electron chi connectivity index (χ2n) is 8.25. The molecule has 2 aliphatic rings.